The second-order valence-corrected chi connectivity index (χ2v) is 5.44. The van der Waals surface area contributed by atoms with Gasteiger partial charge in [-0.15, -0.1) is 0 Å². The maximum atomic E-state index is 12.0. The summed E-state index contributed by atoms with van der Waals surface area (Å²) in [4.78, 5) is 14.3. The van der Waals surface area contributed by atoms with Crippen LogP contribution in [0.1, 0.15) is 28.4 Å². The summed E-state index contributed by atoms with van der Waals surface area (Å²) in [6.07, 6.45) is 0.617. The van der Waals surface area contributed by atoms with Gasteiger partial charge in [-0.2, -0.15) is 0 Å². The Morgan fingerprint density at radius 1 is 1.29 bits per heavy atom. The largest absolute Gasteiger partial charge is 0.379 e. The molecule has 1 heterocycles. The Morgan fingerprint density at radius 3 is 2.82 bits per heavy atom. The van der Waals surface area contributed by atoms with Crippen molar-refractivity contribution in [1.29, 1.82) is 0 Å². The average molecular weight is 296 g/mol. The summed E-state index contributed by atoms with van der Waals surface area (Å²) in [6, 6.07) is 6.21. The maximum absolute atomic E-state index is 12.0. The first-order valence-electron chi connectivity index (χ1n) is 5.90. The van der Waals surface area contributed by atoms with Crippen molar-refractivity contribution in [2.24, 2.45) is 0 Å². The lowest BCUT2D eigenvalue weighted by Gasteiger charge is -2.32. The van der Waals surface area contributed by atoms with Crippen molar-refractivity contribution < 1.29 is 9.53 Å². The summed E-state index contributed by atoms with van der Waals surface area (Å²) in [7, 11) is 0. The highest BCUT2D eigenvalue weighted by atomic mass is 79.9. The lowest BCUT2D eigenvalue weighted by Crippen LogP contribution is -2.38. The SMILES string of the molecule is O=C1CC(N2CCOCC2)c2cc(Br)ccc21. The first-order chi connectivity index (χ1) is 8.25. The molecule has 3 rings (SSSR count). The second kappa shape index (κ2) is 4.52. The summed E-state index contributed by atoms with van der Waals surface area (Å²) in [5.74, 6) is 0.268. The number of hydrogen-bond donors (Lipinski definition) is 0. The van der Waals surface area contributed by atoms with Crippen molar-refractivity contribution in [3.05, 3.63) is 33.8 Å². The van der Waals surface area contributed by atoms with Gasteiger partial charge in [0.2, 0.25) is 0 Å². The molecule has 0 radical (unpaired) electrons. The van der Waals surface area contributed by atoms with Gasteiger partial charge < -0.3 is 4.74 Å². The van der Waals surface area contributed by atoms with E-state index < -0.39 is 0 Å². The molecule has 1 atom stereocenters. The monoisotopic (exact) mass is 295 g/mol. The number of rotatable bonds is 1. The van der Waals surface area contributed by atoms with Gasteiger partial charge in [-0.1, -0.05) is 15.9 Å². The smallest absolute Gasteiger partial charge is 0.165 e. The molecule has 0 bridgehead atoms. The Kier molecular flexibility index (Phi) is 3.03. The van der Waals surface area contributed by atoms with Crippen LogP contribution >= 0.6 is 15.9 Å². The highest BCUT2D eigenvalue weighted by Crippen LogP contribution is 2.37. The van der Waals surface area contributed by atoms with Crippen molar-refractivity contribution in [2.45, 2.75) is 12.5 Å². The molecule has 1 fully saturated rings. The number of morpholine rings is 1. The summed E-state index contributed by atoms with van der Waals surface area (Å²) in [6.45, 7) is 3.38. The fourth-order valence-electron chi connectivity index (χ4n) is 2.67. The molecular formula is C13H14BrNO2. The molecule has 3 nitrogen and oxygen atoms in total. The van der Waals surface area contributed by atoms with Crippen molar-refractivity contribution in [2.75, 3.05) is 26.3 Å². The van der Waals surface area contributed by atoms with Crippen LogP contribution in [0.3, 0.4) is 0 Å². The van der Waals surface area contributed by atoms with Crippen LogP contribution in [0.4, 0.5) is 0 Å². The van der Waals surface area contributed by atoms with Crippen molar-refractivity contribution >= 4 is 21.7 Å². The molecule has 90 valence electrons. The molecule has 0 amide bonds. The van der Waals surface area contributed by atoms with Gasteiger partial charge in [-0.25, -0.2) is 0 Å². The van der Waals surface area contributed by atoms with Crippen LogP contribution < -0.4 is 0 Å². The second-order valence-electron chi connectivity index (χ2n) is 4.52. The molecule has 1 aromatic rings. The maximum Gasteiger partial charge on any atom is 0.165 e. The number of carbonyl (C=O) groups excluding carboxylic acids is 1. The molecule has 1 aliphatic heterocycles. The van der Waals surface area contributed by atoms with E-state index in [9.17, 15) is 4.79 Å². The van der Waals surface area contributed by atoms with E-state index in [2.05, 4.69) is 26.9 Å². The van der Waals surface area contributed by atoms with E-state index in [0.717, 1.165) is 36.3 Å². The molecular weight excluding hydrogens is 282 g/mol. The van der Waals surface area contributed by atoms with E-state index in [1.54, 1.807) is 0 Å². The summed E-state index contributed by atoms with van der Waals surface area (Å²) >= 11 is 3.48. The van der Waals surface area contributed by atoms with Crippen LogP contribution in [0.15, 0.2) is 22.7 Å². The molecule has 0 aromatic heterocycles. The Labute approximate surface area is 109 Å². The third-order valence-electron chi connectivity index (χ3n) is 3.54. The molecule has 1 saturated heterocycles. The van der Waals surface area contributed by atoms with Gasteiger partial charge in [0.15, 0.2) is 5.78 Å². The van der Waals surface area contributed by atoms with Crippen molar-refractivity contribution in [3.63, 3.8) is 0 Å². The summed E-state index contributed by atoms with van der Waals surface area (Å²) in [5.41, 5.74) is 2.07. The van der Waals surface area contributed by atoms with Crippen molar-refractivity contribution in [3.8, 4) is 0 Å². The van der Waals surface area contributed by atoms with Gasteiger partial charge >= 0.3 is 0 Å². The van der Waals surface area contributed by atoms with Gasteiger partial charge in [-0.3, -0.25) is 9.69 Å². The van der Waals surface area contributed by atoms with Crippen LogP contribution in [0.5, 0.6) is 0 Å². The number of fused-ring (bicyclic) bond motifs is 1. The average Bonchev–Trinajstić information content (AvgIpc) is 2.67. The zero-order chi connectivity index (χ0) is 11.8. The van der Waals surface area contributed by atoms with E-state index in [4.69, 9.17) is 4.74 Å². The van der Waals surface area contributed by atoms with E-state index in [1.165, 1.54) is 5.56 Å². The van der Waals surface area contributed by atoms with Crippen LogP contribution in [-0.4, -0.2) is 37.0 Å². The highest BCUT2D eigenvalue weighted by molar-refractivity contribution is 9.10. The molecule has 0 saturated carbocycles. The quantitative estimate of drug-likeness (QED) is 0.797. The molecule has 2 aliphatic rings. The van der Waals surface area contributed by atoms with Crippen LogP contribution in [0, 0.1) is 0 Å². The normalized spacial score (nSPS) is 25.0. The number of carbonyl (C=O) groups is 1. The summed E-state index contributed by atoms with van der Waals surface area (Å²) in [5, 5.41) is 0. The Bertz CT molecular complexity index is 455. The zero-order valence-corrected chi connectivity index (χ0v) is 11.1. The molecule has 4 heteroatoms. The van der Waals surface area contributed by atoms with Crippen molar-refractivity contribution in [1.82, 2.24) is 4.90 Å². The summed E-state index contributed by atoms with van der Waals surface area (Å²) < 4.78 is 6.41. The highest BCUT2D eigenvalue weighted by Gasteiger charge is 2.33. The number of ketones is 1. The number of Topliss-reactive ketones (excluding diaryl/α,β-unsaturated/α-hetero) is 1. The predicted molar refractivity (Wildman–Crippen MR) is 68.2 cm³/mol. The minimum absolute atomic E-state index is 0.249. The van der Waals surface area contributed by atoms with Gasteiger partial charge in [0.25, 0.3) is 0 Å². The number of benzene rings is 1. The fourth-order valence-corrected chi connectivity index (χ4v) is 3.05. The molecule has 1 aromatic carbocycles. The Hall–Kier alpha value is -0.710. The van der Waals surface area contributed by atoms with Gasteiger partial charge in [0.05, 0.1) is 13.2 Å². The van der Waals surface area contributed by atoms with E-state index in [0.29, 0.717) is 6.42 Å². The zero-order valence-electron chi connectivity index (χ0n) is 9.49. The standard InChI is InChI=1S/C13H14BrNO2/c14-9-1-2-10-11(7-9)12(8-13(10)16)15-3-5-17-6-4-15/h1-2,7,12H,3-6,8H2. The first kappa shape index (κ1) is 11.4. The fraction of sp³-hybridized carbons (Fsp3) is 0.462. The third kappa shape index (κ3) is 2.05. The van der Waals surface area contributed by atoms with Gasteiger partial charge in [0.1, 0.15) is 0 Å². The minimum Gasteiger partial charge on any atom is -0.379 e. The lowest BCUT2D eigenvalue weighted by molar-refractivity contribution is 0.0165. The van der Waals surface area contributed by atoms with E-state index in [-0.39, 0.29) is 11.8 Å². The lowest BCUT2D eigenvalue weighted by atomic mass is 10.1. The number of hydrogen-bond acceptors (Lipinski definition) is 3. The van der Waals surface area contributed by atoms with E-state index >= 15 is 0 Å². The van der Waals surface area contributed by atoms with Crippen LogP contribution in [0.25, 0.3) is 0 Å². The molecule has 17 heavy (non-hydrogen) atoms. The number of nitrogens with zero attached hydrogens (tertiary/aromatic N) is 1. The van der Waals surface area contributed by atoms with Crippen LogP contribution in [0.2, 0.25) is 0 Å². The van der Waals surface area contributed by atoms with Gasteiger partial charge in [0, 0.05) is 35.6 Å². The van der Waals surface area contributed by atoms with Crippen LogP contribution in [-0.2, 0) is 4.74 Å². The molecule has 1 aliphatic carbocycles. The third-order valence-corrected chi connectivity index (χ3v) is 4.03. The Balaban J connectivity index is 1.94. The van der Waals surface area contributed by atoms with E-state index in [1.807, 2.05) is 12.1 Å². The predicted octanol–water partition coefficient (Wildman–Crippen LogP) is 2.41. The number of ether oxygens (including phenoxy) is 1. The molecule has 0 N–H and O–H groups in total. The Morgan fingerprint density at radius 2 is 2.06 bits per heavy atom. The molecule has 1 unspecified atom stereocenters. The minimum atomic E-state index is 0.249. The first-order valence-corrected chi connectivity index (χ1v) is 6.69. The number of halogens is 1. The van der Waals surface area contributed by atoms with Gasteiger partial charge in [-0.05, 0) is 23.8 Å². The topological polar surface area (TPSA) is 29.5 Å². The molecule has 0 spiro atoms.